The number of hydrogen-bond donors (Lipinski definition) is 4. The van der Waals surface area contributed by atoms with Crippen LogP contribution in [0.1, 0.15) is 12.0 Å². The maximum absolute atomic E-state index is 11.8. The van der Waals surface area contributed by atoms with Gasteiger partial charge in [0, 0.05) is 6.54 Å². The number of rotatable bonds is 6. The van der Waals surface area contributed by atoms with Crippen molar-refractivity contribution in [3.8, 4) is 5.75 Å². The van der Waals surface area contributed by atoms with Crippen LogP contribution in [0.2, 0.25) is 0 Å². The van der Waals surface area contributed by atoms with Gasteiger partial charge in [0.1, 0.15) is 11.2 Å². The summed E-state index contributed by atoms with van der Waals surface area (Å²) in [5.41, 5.74) is 6.34. The molecule has 1 heterocycles. The van der Waals surface area contributed by atoms with E-state index < -0.39 is 0 Å². The summed E-state index contributed by atoms with van der Waals surface area (Å²) in [6.45, 7) is 0.452. The summed E-state index contributed by atoms with van der Waals surface area (Å²) < 4.78 is 5.08. The summed E-state index contributed by atoms with van der Waals surface area (Å²) in [6.07, 6.45) is -0.116. The van der Waals surface area contributed by atoms with Gasteiger partial charge in [-0.05, 0) is 17.7 Å². The van der Waals surface area contributed by atoms with Crippen LogP contribution in [-0.2, 0) is 16.1 Å². The van der Waals surface area contributed by atoms with Crippen molar-refractivity contribution in [3.63, 3.8) is 0 Å². The molecule has 1 aliphatic rings. The Kier molecular flexibility index (Phi) is 6.05. The van der Waals surface area contributed by atoms with E-state index in [1.54, 1.807) is 7.11 Å². The molecule has 1 aromatic rings. The number of thioether (sulfide) groups is 1. The van der Waals surface area contributed by atoms with Gasteiger partial charge < -0.3 is 21.1 Å². The number of carbonyl (C=O) groups is 2. The normalized spacial score (nSPS) is 21.1. The molecule has 1 saturated heterocycles. The predicted molar refractivity (Wildman–Crippen MR) is 85.0 cm³/mol. The van der Waals surface area contributed by atoms with Gasteiger partial charge in [-0.3, -0.25) is 14.9 Å². The Morgan fingerprint density at radius 1 is 1.45 bits per heavy atom. The summed E-state index contributed by atoms with van der Waals surface area (Å²) in [5.74, 6) is 0.806. The summed E-state index contributed by atoms with van der Waals surface area (Å²) >= 11 is 1.30. The monoisotopic (exact) mass is 324 g/mol. The van der Waals surface area contributed by atoms with Crippen molar-refractivity contribution in [2.75, 3.05) is 12.9 Å². The first-order chi connectivity index (χ1) is 10.6. The largest absolute Gasteiger partial charge is 0.497 e. The van der Waals surface area contributed by atoms with Crippen LogP contribution in [-0.4, -0.2) is 36.3 Å². The molecule has 0 radical (unpaired) electrons. The number of methoxy groups -OCH3 is 1. The number of benzene rings is 1. The molecule has 1 aliphatic heterocycles. The zero-order chi connectivity index (χ0) is 15.9. The van der Waals surface area contributed by atoms with Gasteiger partial charge in [0.2, 0.25) is 11.8 Å². The Morgan fingerprint density at radius 2 is 2.18 bits per heavy atom. The maximum atomic E-state index is 11.8. The van der Waals surface area contributed by atoms with Gasteiger partial charge in [-0.25, -0.2) is 0 Å². The van der Waals surface area contributed by atoms with E-state index >= 15 is 0 Å². The second-order valence-corrected chi connectivity index (χ2v) is 5.95. The molecule has 120 valence electrons. The van der Waals surface area contributed by atoms with Gasteiger partial charge in [-0.2, -0.15) is 0 Å². The standard InChI is InChI=1S/C14H20N4O3S/c1-21-10-4-2-9(3-5-10)7-16-13(20)8-22-14-17-11(15)6-12(19)18-14/h2-5,11,14,17H,6-8,15H2,1H3,(H,16,20)(H,18,19). The summed E-state index contributed by atoms with van der Waals surface area (Å²) in [7, 11) is 1.61. The van der Waals surface area contributed by atoms with Gasteiger partial charge in [0.25, 0.3) is 0 Å². The number of amides is 2. The van der Waals surface area contributed by atoms with Crippen molar-refractivity contribution in [1.29, 1.82) is 0 Å². The van der Waals surface area contributed by atoms with Gasteiger partial charge in [0.15, 0.2) is 0 Å². The van der Waals surface area contributed by atoms with Gasteiger partial charge >= 0.3 is 0 Å². The number of nitrogens with two attached hydrogens (primary N) is 1. The van der Waals surface area contributed by atoms with Gasteiger partial charge in [-0.1, -0.05) is 12.1 Å². The van der Waals surface area contributed by atoms with E-state index in [-0.39, 0.29) is 35.7 Å². The number of carbonyl (C=O) groups excluding carboxylic acids is 2. The molecule has 0 aromatic heterocycles. The van der Waals surface area contributed by atoms with Crippen molar-refractivity contribution in [1.82, 2.24) is 16.0 Å². The molecule has 0 saturated carbocycles. The maximum Gasteiger partial charge on any atom is 0.230 e. The first-order valence-electron chi connectivity index (χ1n) is 6.89. The van der Waals surface area contributed by atoms with Crippen molar-refractivity contribution in [2.24, 2.45) is 5.73 Å². The van der Waals surface area contributed by atoms with E-state index in [1.807, 2.05) is 24.3 Å². The molecule has 2 rings (SSSR count). The predicted octanol–water partition coefficient (Wildman–Crippen LogP) is -0.277. The van der Waals surface area contributed by atoms with E-state index in [0.717, 1.165) is 11.3 Å². The van der Waals surface area contributed by atoms with E-state index in [2.05, 4.69) is 16.0 Å². The Labute approximate surface area is 133 Å². The molecule has 5 N–H and O–H groups in total. The quantitative estimate of drug-likeness (QED) is 0.574. The molecular formula is C14H20N4O3S. The van der Waals surface area contributed by atoms with Crippen LogP contribution in [0, 0.1) is 0 Å². The molecule has 7 nitrogen and oxygen atoms in total. The molecule has 1 aromatic carbocycles. The fourth-order valence-electron chi connectivity index (χ4n) is 1.94. The molecule has 2 amide bonds. The average molecular weight is 324 g/mol. The fourth-order valence-corrected chi connectivity index (χ4v) is 2.85. The molecule has 0 spiro atoms. The highest BCUT2D eigenvalue weighted by Crippen LogP contribution is 2.12. The first-order valence-corrected chi connectivity index (χ1v) is 7.94. The van der Waals surface area contributed by atoms with Crippen LogP contribution >= 0.6 is 11.8 Å². The smallest absolute Gasteiger partial charge is 0.230 e. The molecule has 0 bridgehead atoms. The summed E-state index contributed by atoms with van der Waals surface area (Å²) in [6, 6.07) is 7.49. The van der Waals surface area contributed by atoms with Crippen LogP contribution in [0.3, 0.4) is 0 Å². The lowest BCUT2D eigenvalue weighted by atomic mass is 10.2. The third-order valence-electron chi connectivity index (χ3n) is 3.09. The minimum Gasteiger partial charge on any atom is -0.497 e. The lowest BCUT2D eigenvalue weighted by Gasteiger charge is -2.28. The summed E-state index contributed by atoms with van der Waals surface area (Å²) in [5, 5.41) is 8.56. The number of hydrogen-bond acceptors (Lipinski definition) is 6. The highest BCUT2D eigenvalue weighted by Gasteiger charge is 2.23. The molecule has 22 heavy (non-hydrogen) atoms. The Balaban J connectivity index is 1.70. The van der Waals surface area contributed by atoms with E-state index in [1.165, 1.54) is 11.8 Å². The molecular weight excluding hydrogens is 304 g/mol. The Hall–Kier alpha value is -1.77. The number of ether oxygens (including phenoxy) is 1. The molecule has 0 aliphatic carbocycles. The Bertz CT molecular complexity index is 523. The van der Waals surface area contributed by atoms with E-state index in [0.29, 0.717) is 6.54 Å². The fraction of sp³-hybridized carbons (Fsp3) is 0.429. The minimum atomic E-state index is -0.367. The highest BCUT2D eigenvalue weighted by molar-refractivity contribution is 8.00. The SMILES string of the molecule is COc1ccc(CNC(=O)CSC2NC(=O)CC(N)N2)cc1. The van der Waals surface area contributed by atoms with Crippen LogP contribution < -0.4 is 26.4 Å². The zero-order valence-electron chi connectivity index (χ0n) is 12.3. The molecule has 1 fully saturated rings. The highest BCUT2D eigenvalue weighted by atomic mass is 32.2. The third-order valence-corrected chi connectivity index (χ3v) is 4.11. The van der Waals surface area contributed by atoms with E-state index in [9.17, 15) is 9.59 Å². The van der Waals surface area contributed by atoms with Crippen molar-refractivity contribution >= 4 is 23.6 Å². The van der Waals surface area contributed by atoms with Crippen LogP contribution in [0.4, 0.5) is 0 Å². The second kappa shape index (κ2) is 8.02. The van der Waals surface area contributed by atoms with Gasteiger partial charge in [0.05, 0.1) is 25.4 Å². The summed E-state index contributed by atoms with van der Waals surface area (Å²) in [4.78, 5) is 23.2. The third kappa shape index (κ3) is 5.21. The molecule has 2 unspecified atom stereocenters. The van der Waals surface area contributed by atoms with Crippen LogP contribution in [0.15, 0.2) is 24.3 Å². The van der Waals surface area contributed by atoms with Crippen molar-refractivity contribution in [2.45, 2.75) is 24.6 Å². The van der Waals surface area contributed by atoms with Crippen molar-refractivity contribution < 1.29 is 14.3 Å². The van der Waals surface area contributed by atoms with Crippen LogP contribution in [0.5, 0.6) is 5.75 Å². The lowest BCUT2D eigenvalue weighted by molar-refractivity contribution is -0.123. The topological polar surface area (TPSA) is 105 Å². The first kappa shape index (κ1) is 16.6. The second-order valence-electron chi connectivity index (χ2n) is 4.86. The van der Waals surface area contributed by atoms with E-state index in [4.69, 9.17) is 10.5 Å². The molecule has 2 atom stereocenters. The van der Waals surface area contributed by atoms with Gasteiger partial charge in [-0.15, -0.1) is 11.8 Å². The Morgan fingerprint density at radius 3 is 2.82 bits per heavy atom. The van der Waals surface area contributed by atoms with Crippen molar-refractivity contribution in [3.05, 3.63) is 29.8 Å². The molecule has 8 heteroatoms. The zero-order valence-corrected chi connectivity index (χ0v) is 13.1. The number of nitrogens with one attached hydrogen (secondary N) is 3. The van der Waals surface area contributed by atoms with Crippen LogP contribution in [0.25, 0.3) is 0 Å². The minimum absolute atomic E-state index is 0.101. The average Bonchev–Trinajstić information content (AvgIpc) is 2.50. The lowest BCUT2D eigenvalue weighted by Crippen LogP contribution is -2.58.